The van der Waals surface area contributed by atoms with Gasteiger partial charge < -0.3 is 10.2 Å². The van der Waals surface area contributed by atoms with Gasteiger partial charge in [0, 0.05) is 17.0 Å². The van der Waals surface area contributed by atoms with Crippen molar-refractivity contribution in [2.45, 2.75) is 6.92 Å². The molecule has 2 N–H and O–H groups in total. The molecular weight excluding hydrogens is 188 g/mol. The molecule has 13 heavy (non-hydrogen) atoms. The van der Waals surface area contributed by atoms with E-state index < -0.39 is 0 Å². The Bertz CT molecular complexity index is 332. The Morgan fingerprint density at radius 3 is 2.69 bits per heavy atom. The smallest absolute Gasteiger partial charge is 0.129 e. The molecule has 2 nitrogen and oxygen atoms in total. The lowest BCUT2D eigenvalue weighted by Gasteiger charge is -2.04. The van der Waals surface area contributed by atoms with E-state index in [-0.39, 0.29) is 11.5 Å². The molecule has 0 heterocycles. The number of alkyl halides is 1. The van der Waals surface area contributed by atoms with Gasteiger partial charge in [0.1, 0.15) is 11.5 Å². The number of rotatable bonds is 2. The zero-order chi connectivity index (χ0) is 9.84. The number of hydrogen-bond donors (Lipinski definition) is 2. The van der Waals surface area contributed by atoms with Gasteiger partial charge >= 0.3 is 0 Å². The minimum absolute atomic E-state index is 0.0977. The van der Waals surface area contributed by atoms with Crippen molar-refractivity contribution < 1.29 is 10.2 Å². The SMILES string of the molecule is Cc1c(O)ccc(C=CCCl)c1O. The van der Waals surface area contributed by atoms with Crippen LogP contribution in [0.2, 0.25) is 0 Å². The first-order valence-corrected chi connectivity index (χ1v) is 4.44. The van der Waals surface area contributed by atoms with E-state index in [0.29, 0.717) is 17.0 Å². The van der Waals surface area contributed by atoms with Crippen LogP contribution in [0, 0.1) is 6.92 Å². The summed E-state index contributed by atoms with van der Waals surface area (Å²) in [4.78, 5) is 0. The first kappa shape index (κ1) is 9.93. The van der Waals surface area contributed by atoms with Crippen molar-refractivity contribution in [1.82, 2.24) is 0 Å². The van der Waals surface area contributed by atoms with Gasteiger partial charge in [0.15, 0.2) is 0 Å². The average Bonchev–Trinajstić information content (AvgIpc) is 2.13. The Hall–Kier alpha value is -1.15. The van der Waals surface area contributed by atoms with Gasteiger partial charge in [0.05, 0.1) is 0 Å². The Balaban J connectivity index is 3.11. The minimum atomic E-state index is 0.0977. The largest absolute Gasteiger partial charge is 0.508 e. The van der Waals surface area contributed by atoms with Crippen LogP contribution in [-0.2, 0) is 0 Å². The zero-order valence-electron chi connectivity index (χ0n) is 7.29. The number of allylic oxidation sites excluding steroid dienone is 1. The molecule has 3 heteroatoms. The van der Waals surface area contributed by atoms with E-state index in [4.69, 9.17) is 11.6 Å². The highest BCUT2D eigenvalue weighted by molar-refractivity contribution is 6.19. The lowest BCUT2D eigenvalue weighted by Crippen LogP contribution is -1.81. The fourth-order valence-electron chi connectivity index (χ4n) is 1.02. The molecule has 0 aliphatic rings. The summed E-state index contributed by atoms with van der Waals surface area (Å²) in [6.07, 6.45) is 3.45. The van der Waals surface area contributed by atoms with Gasteiger partial charge in [-0.15, -0.1) is 11.6 Å². The van der Waals surface area contributed by atoms with Crippen molar-refractivity contribution in [3.8, 4) is 11.5 Å². The van der Waals surface area contributed by atoms with E-state index in [1.807, 2.05) is 0 Å². The van der Waals surface area contributed by atoms with Gasteiger partial charge in [-0.3, -0.25) is 0 Å². The van der Waals surface area contributed by atoms with Crippen molar-refractivity contribution >= 4 is 17.7 Å². The van der Waals surface area contributed by atoms with Crippen molar-refractivity contribution in [2.24, 2.45) is 0 Å². The Morgan fingerprint density at radius 2 is 2.08 bits per heavy atom. The van der Waals surface area contributed by atoms with Crippen molar-refractivity contribution in [1.29, 1.82) is 0 Å². The van der Waals surface area contributed by atoms with Crippen LogP contribution in [0.1, 0.15) is 11.1 Å². The zero-order valence-corrected chi connectivity index (χ0v) is 8.04. The highest BCUT2D eigenvalue weighted by atomic mass is 35.5. The number of phenols is 2. The maximum Gasteiger partial charge on any atom is 0.129 e. The summed E-state index contributed by atoms with van der Waals surface area (Å²) in [7, 11) is 0. The van der Waals surface area contributed by atoms with E-state index in [0.717, 1.165) is 0 Å². The van der Waals surface area contributed by atoms with Crippen LogP contribution in [0.15, 0.2) is 18.2 Å². The molecule has 0 saturated heterocycles. The highest BCUT2D eigenvalue weighted by Gasteiger charge is 2.04. The quantitative estimate of drug-likeness (QED) is 0.718. The van der Waals surface area contributed by atoms with Gasteiger partial charge in [0.25, 0.3) is 0 Å². The second-order valence-electron chi connectivity index (χ2n) is 2.70. The maximum absolute atomic E-state index is 9.55. The second-order valence-corrected chi connectivity index (χ2v) is 3.01. The van der Waals surface area contributed by atoms with Crippen molar-refractivity contribution in [2.75, 3.05) is 5.88 Å². The third kappa shape index (κ3) is 2.16. The predicted molar refractivity (Wildman–Crippen MR) is 54.3 cm³/mol. The lowest BCUT2D eigenvalue weighted by molar-refractivity contribution is 0.442. The van der Waals surface area contributed by atoms with Gasteiger partial charge in [-0.25, -0.2) is 0 Å². The van der Waals surface area contributed by atoms with Crippen LogP contribution in [0.3, 0.4) is 0 Å². The van der Waals surface area contributed by atoms with Crippen LogP contribution in [0.5, 0.6) is 11.5 Å². The summed E-state index contributed by atoms with van der Waals surface area (Å²) in [6.45, 7) is 1.66. The standard InChI is InChI=1S/C10H11ClO2/c1-7-9(12)5-4-8(10(7)13)3-2-6-11/h2-5,12-13H,6H2,1H3. The van der Waals surface area contributed by atoms with E-state index in [1.54, 1.807) is 31.2 Å². The fourth-order valence-corrected chi connectivity index (χ4v) is 1.11. The normalized spacial score (nSPS) is 10.9. The molecule has 0 aromatic heterocycles. The first-order valence-electron chi connectivity index (χ1n) is 3.91. The van der Waals surface area contributed by atoms with Crippen LogP contribution in [0.25, 0.3) is 6.08 Å². The minimum Gasteiger partial charge on any atom is -0.508 e. The first-order chi connectivity index (χ1) is 6.16. The molecule has 0 atom stereocenters. The Morgan fingerprint density at radius 1 is 1.38 bits per heavy atom. The van der Waals surface area contributed by atoms with Gasteiger partial charge in [-0.05, 0) is 19.1 Å². The topological polar surface area (TPSA) is 40.5 Å². The summed E-state index contributed by atoms with van der Waals surface area (Å²) < 4.78 is 0. The molecule has 1 rings (SSSR count). The van der Waals surface area contributed by atoms with Crippen LogP contribution >= 0.6 is 11.6 Å². The van der Waals surface area contributed by atoms with Gasteiger partial charge in [-0.1, -0.05) is 12.2 Å². The van der Waals surface area contributed by atoms with E-state index in [9.17, 15) is 10.2 Å². The third-order valence-corrected chi connectivity index (χ3v) is 2.00. The summed E-state index contributed by atoms with van der Waals surface area (Å²) >= 11 is 5.46. The fraction of sp³-hybridized carbons (Fsp3) is 0.200. The second kappa shape index (κ2) is 4.19. The maximum atomic E-state index is 9.55. The Kier molecular flexibility index (Phi) is 3.20. The molecule has 0 unspecified atom stereocenters. The number of aromatic hydroxyl groups is 2. The Labute approximate surface area is 82.1 Å². The van der Waals surface area contributed by atoms with E-state index in [1.165, 1.54) is 0 Å². The summed E-state index contributed by atoms with van der Waals surface area (Å²) in [5.41, 5.74) is 1.15. The molecule has 1 aromatic carbocycles. The third-order valence-electron chi connectivity index (χ3n) is 1.82. The molecule has 0 aliphatic heterocycles. The molecule has 0 aliphatic carbocycles. The predicted octanol–water partition coefficient (Wildman–Crippen LogP) is 2.66. The summed E-state index contributed by atoms with van der Waals surface area (Å²) in [5, 5.41) is 18.8. The lowest BCUT2D eigenvalue weighted by atomic mass is 10.1. The molecular formula is C10H11ClO2. The molecule has 0 saturated carbocycles. The number of benzene rings is 1. The van der Waals surface area contributed by atoms with Crippen LogP contribution < -0.4 is 0 Å². The highest BCUT2D eigenvalue weighted by Crippen LogP contribution is 2.29. The molecule has 0 amide bonds. The average molecular weight is 199 g/mol. The summed E-state index contributed by atoms with van der Waals surface area (Å²) in [6, 6.07) is 3.18. The molecule has 0 radical (unpaired) electrons. The molecule has 70 valence electrons. The number of phenolic OH excluding ortho intramolecular Hbond substituents is 2. The summed E-state index contributed by atoms with van der Waals surface area (Å²) in [5.74, 6) is 0.598. The van der Waals surface area contributed by atoms with Gasteiger partial charge in [0.2, 0.25) is 0 Å². The van der Waals surface area contributed by atoms with Gasteiger partial charge in [-0.2, -0.15) is 0 Å². The number of hydrogen-bond acceptors (Lipinski definition) is 2. The van der Waals surface area contributed by atoms with E-state index in [2.05, 4.69) is 0 Å². The molecule has 0 bridgehead atoms. The number of halogens is 1. The monoisotopic (exact) mass is 198 g/mol. The molecule has 1 aromatic rings. The van der Waals surface area contributed by atoms with Crippen molar-refractivity contribution in [3.63, 3.8) is 0 Å². The van der Waals surface area contributed by atoms with E-state index >= 15 is 0 Å². The van der Waals surface area contributed by atoms with Crippen LogP contribution in [0.4, 0.5) is 0 Å². The van der Waals surface area contributed by atoms with Crippen LogP contribution in [-0.4, -0.2) is 16.1 Å². The molecule has 0 spiro atoms. The van der Waals surface area contributed by atoms with Crippen molar-refractivity contribution in [3.05, 3.63) is 29.3 Å². The molecule has 0 fully saturated rings.